The molecule has 0 aliphatic carbocycles. The van der Waals surface area contributed by atoms with Crippen LogP contribution in [0.2, 0.25) is 0 Å². The first-order valence-electron chi connectivity index (χ1n) is 9.33. The zero-order chi connectivity index (χ0) is 19.9. The van der Waals surface area contributed by atoms with E-state index in [1.165, 1.54) is 6.20 Å². The Kier molecular flexibility index (Phi) is 5.22. The van der Waals surface area contributed by atoms with E-state index < -0.39 is 23.1 Å². The Hall–Kier alpha value is -2.43. The molecule has 2 nitrogen and oxygen atoms in total. The third-order valence-corrected chi connectivity index (χ3v) is 4.89. The maximum Gasteiger partial charge on any atom is 0.185 e. The molecule has 0 spiro atoms. The summed E-state index contributed by atoms with van der Waals surface area (Å²) < 4.78 is 45.5. The SMILES string of the molecule is CCNc1c(F)c(F)c2cn(-c3c(C(C)C)cccc3C(C)C)cc2c1F. The molecule has 3 aromatic rings. The number of rotatable bonds is 5. The molecule has 0 fully saturated rings. The van der Waals surface area contributed by atoms with Crippen LogP contribution in [0.1, 0.15) is 57.6 Å². The number of nitrogens with one attached hydrogen (secondary N) is 1. The lowest BCUT2D eigenvalue weighted by Crippen LogP contribution is -2.05. The summed E-state index contributed by atoms with van der Waals surface area (Å²) in [6.07, 6.45) is 3.04. The van der Waals surface area contributed by atoms with E-state index in [4.69, 9.17) is 0 Å². The van der Waals surface area contributed by atoms with Crippen molar-refractivity contribution in [2.24, 2.45) is 0 Å². The lowest BCUT2D eigenvalue weighted by molar-refractivity contribution is 0.510. The molecule has 1 aromatic heterocycles. The molecule has 1 heterocycles. The molecule has 0 amide bonds. The van der Waals surface area contributed by atoms with Crippen LogP contribution in [0.4, 0.5) is 18.9 Å². The largest absolute Gasteiger partial charge is 0.380 e. The van der Waals surface area contributed by atoms with E-state index in [0.29, 0.717) is 6.54 Å². The number of aromatic nitrogens is 1. The van der Waals surface area contributed by atoms with Gasteiger partial charge in [-0.2, -0.15) is 0 Å². The molecular formula is C22H25F3N2. The van der Waals surface area contributed by atoms with Crippen LogP contribution >= 0.6 is 0 Å². The lowest BCUT2D eigenvalue weighted by Gasteiger charge is -2.20. The standard InChI is InChI=1S/C22H25F3N2/c1-6-26-21-19(24)17-11-27(10-16(17)18(23)20(21)25)22-14(12(2)3)8-7-9-15(22)13(4)5/h7-13,26H,6H2,1-5H3. The summed E-state index contributed by atoms with van der Waals surface area (Å²) in [7, 11) is 0. The van der Waals surface area contributed by atoms with Gasteiger partial charge in [-0.1, -0.05) is 45.9 Å². The van der Waals surface area contributed by atoms with E-state index in [1.54, 1.807) is 17.7 Å². The first-order chi connectivity index (χ1) is 12.8. The highest BCUT2D eigenvalue weighted by molar-refractivity contribution is 5.88. The number of nitrogens with zero attached hydrogens (tertiary/aromatic N) is 1. The highest BCUT2D eigenvalue weighted by atomic mass is 19.2. The van der Waals surface area contributed by atoms with Crippen LogP contribution in [-0.2, 0) is 0 Å². The van der Waals surface area contributed by atoms with Gasteiger partial charge in [0.15, 0.2) is 17.5 Å². The van der Waals surface area contributed by atoms with Crippen molar-refractivity contribution in [1.29, 1.82) is 0 Å². The van der Waals surface area contributed by atoms with Crippen LogP contribution < -0.4 is 5.32 Å². The molecule has 3 rings (SSSR count). The van der Waals surface area contributed by atoms with Gasteiger partial charge in [0.1, 0.15) is 5.69 Å². The zero-order valence-corrected chi connectivity index (χ0v) is 16.3. The first kappa shape index (κ1) is 19.3. The second kappa shape index (κ2) is 7.29. The summed E-state index contributed by atoms with van der Waals surface area (Å²) in [5.74, 6) is -2.52. The number of benzene rings is 2. The summed E-state index contributed by atoms with van der Waals surface area (Å²) in [5, 5.41) is 2.60. The van der Waals surface area contributed by atoms with Crippen LogP contribution in [0.5, 0.6) is 0 Å². The predicted molar refractivity (Wildman–Crippen MR) is 105 cm³/mol. The number of hydrogen-bond acceptors (Lipinski definition) is 1. The molecule has 1 N–H and O–H groups in total. The highest BCUT2D eigenvalue weighted by Gasteiger charge is 2.23. The van der Waals surface area contributed by atoms with Crippen molar-refractivity contribution in [2.45, 2.75) is 46.5 Å². The second-order valence-electron chi connectivity index (χ2n) is 7.43. The molecule has 0 atom stereocenters. The summed E-state index contributed by atoms with van der Waals surface area (Å²) in [6, 6.07) is 6.04. The van der Waals surface area contributed by atoms with E-state index in [0.717, 1.165) is 16.8 Å². The van der Waals surface area contributed by atoms with Gasteiger partial charge in [0.25, 0.3) is 0 Å². The van der Waals surface area contributed by atoms with Crippen LogP contribution in [-0.4, -0.2) is 11.1 Å². The maximum absolute atomic E-state index is 14.9. The Morgan fingerprint density at radius 3 is 1.85 bits per heavy atom. The van der Waals surface area contributed by atoms with Gasteiger partial charge in [-0.05, 0) is 29.9 Å². The summed E-state index contributed by atoms with van der Waals surface area (Å²) >= 11 is 0. The normalized spacial score (nSPS) is 11.8. The third-order valence-electron chi connectivity index (χ3n) is 4.89. The fourth-order valence-corrected chi connectivity index (χ4v) is 3.53. The Morgan fingerprint density at radius 1 is 0.852 bits per heavy atom. The van der Waals surface area contributed by atoms with Gasteiger partial charge < -0.3 is 9.88 Å². The molecule has 5 heteroatoms. The summed E-state index contributed by atoms with van der Waals surface area (Å²) in [5.41, 5.74) is 2.65. The van der Waals surface area contributed by atoms with Gasteiger partial charge in [-0.15, -0.1) is 0 Å². The molecule has 0 radical (unpaired) electrons. The molecule has 0 saturated carbocycles. The fraction of sp³-hybridized carbons (Fsp3) is 0.364. The maximum atomic E-state index is 14.9. The van der Waals surface area contributed by atoms with Gasteiger partial charge in [0.05, 0.1) is 5.69 Å². The molecule has 0 bridgehead atoms. The number of halogens is 3. The van der Waals surface area contributed by atoms with Crippen molar-refractivity contribution in [3.63, 3.8) is 0 Å². The Morgan fingerprint density at radius 2 is 1.37 bits per heavy atom. The van der Waals surface area contributed by atoms with E-state index in [9.17, 15) is 13.2 Å². The van der Waals surface area contributed by atoms with Crippen LogP contribution in [0.25, 0.3) is 16.5 Å². The van der Waals surface area contributed by atoms with Crippen molar-refractivity contribution in [3.8, 4) is 5.69 Å². The predicted octanol–water partition coefficient (Wildman–Crippen LogP) is 6.73. The molecule has 27 heavy (non-hydrogen) atoms. The van der Waals surface area contributed by atoms with Crippen LogP contribution in [0, 0.1) is 17.5 Å². The second-order valence-corrected chi connectivity index (χ2v) is 7.43. The molecule has 0 aliphatic heterocycles. The monoisotopic (exact) mass is 374 g/mol. The van der Waals surface area contributed by atoms with Gasteiger partial charge in [0, 0.05) is 29.7 Å². The fourth-order valence-electron chi connectivity index (χ4n) is 3.53. The number of anilines is 1. The quantitative estimate of drug-likeness (QED) is 0.490. The molecule has 0 unspecified atom stereocenters. The minimum atomic E-state index is -1.18. The smallest absolute Gasteiger partial charge is 0.185 e. The van der Waals surface area contributed by atoms with Crippen molar-refractivity contribution >= 4 is 16.5 Å². The van der Waals surface area contributed by atoms with E-state index in [-0.39, 0.29) is 22.6 Å². The summed E-state index contributed by atoms with van der Waals surface area (Å²) in [4.78, 5) is 0. The van der Waals surface area contributed by atoms with Gasteiger partial charge in [0.2, 0.25) is 0 Å². The van der Waals surface area contributed by atoms with Gasteiger partial charge >= 0.3 is 0 Å². The lowest BCUT2D eigenvalue weighted by atomic mass is 9.92. The molecule has 144 valence electrons. The van der Waals surface area contributed by atoms with E-state index in [2.05, 4.69) is 33.0 Å². The van der Waals surface area contributed by atoms with Crippen molar-refractivity contribution in [1.82, 2.24) is 4.57 Å². The Balaban J connectivity index is 2.35. The average molecular weight is 374 g/mol. The Labute approximate surface area is 158 Å². The van der Waals surface area contributed by atoms with E-state index >= 15 is 0 Å². The van der Waals surface area contributed by atoms with Crippen molar-refractivity contribution in [3.05, 3.63) is 59.2 Å². The van der Waals surface area contributed by atoms with Crippen molar-refractivity contribution < 1.29 is 13.2 Å². The third kappa shape index (κ3) is 3.20. The van der Waals surface area contributed by atoms with E-state index in [1.807, 2.05) is 18.2 Å². The number of fused-ring (bicyclic) bond motifs is 1. The van der Waals surface area contributed by atoms with Crippen LogP contribution in [0.15, 0.2) is 30.6 Å². The topological polar surface area (TPSA) is 17.0 Å². The Bertz CT molecular complexity index is 961. The minimum absolute atomic E-state index is 0.0556. The molecule has 0 saturated heterocycles. The van der Waals surface area contributed by atoms with Crippen LogP contribution in [0.3, 0.4) is 0 Å². The molecule has 0 aliphatic rings. The zero-order valence-electron chi connectivity index (χ0n) is 16.3. The number of hydrogen-bond donors (Lipinski definition) is 1. The van der Waals surface area contributed by atoms with Gasteiger partial charge in [-0.25, -0.2) is 13.2 Å². The highest BCUT2D eigenvalue weighted by Crippen LogP contribution is 2.36. The average Bonchev–Trinajstić information content (AvgIpc) is 3.08. The molecule has 2 aromatic carbocycles. The number of para-hydroxylation sites is 1. The molecular weight excluding hydrogens is 349 g/mol. The van der Waals surface area contributed by atoms with Gasteiger partial charge in [-0.3, -0.25) is 0 Å². The van der Waals surface area contributed by atoms with Crippen molar-refractivity contribution in [2.75, 3.05) is 11.9 Å². The first-order valence-corrected chi connectivity index (χ1v) is 9.33. The minimum Gasteiger partial charge on any atom is -0.380 e. The summed E-state index contributed by atoms with van der Waals surface area (Å²) in [6.45, 7) is 10.3.